The van der Waals surface area contributed by atoms with Crippen LogP contribution in [0.5, 0.6) is 0 Å². The summed E-state index contributed by atoms with van der Waals surface area (Å²) in [5, 5.41) is 2.14. The molecule has 0 spiro atoms. The zero-order chi connectivity index (χ0) is 57.1. The fourth-order valence-corrected chi connectivity index (χ4v) is 12.4. The molecule has 0 saturated heterocycles. The normalized spacial score (nSPS) is 13.1. The Balaban J connectivity index is 1.14. The Morgan fingerprint density at radius 1 is 0.341 bits per heavy atom. The van der Waals surface area contributed by atoms with E-state index < -0.39 is 0 Å². The number of benzene rings is 10. The predicted molar refractivity (Wildman–Crippen MR) is 352 cm³/mol. The number of aryl methyl sites for hydroxylation is 4. The van der Waals surface area contributed by atoms with E-state index in [-0.39, 0.29) is 23.0 Å². The van der Waals surface area contributed by atoms with Crippen molar-refractivity contribution >= 4 is 113 Å². The van der Waals surface area contributed by atoms with Gasteiger partial charge >= 0.3 is 0 Å². The van der Waals surface area contributed by atoms with E-state index in [1.54, 1.807) is 0 Å². The molecule has 3 heterocycles. The maximum Gasteiger partial charge on any atom is 0.252 e. The summed E-state index contributed by atoms with van der Waals surface area (Å²) in [7, 11) is 0. The van der Waals surface area contributed by atoms with Crippen molar-refractivity contribution in [3.8, 4) is 0 Å². The van der Waals surface area contributed by atoms with Crippen LogP contribution in [0, 0.1) is 27.7 Å². The fraction of sp³-hybridized carbons (Fsp3) is 0.211. The van der Waals surface area contributed by atoms with Gasteiger partial charge in [0.15, 0.2) is 5.58 Å². The Morgan fingerprint density at radius 3 is 1.33 bits per heavy atom. The second-order valence-electron chi connectivity index (χ2n) is 26.3. The lowest BCUT2D eigenvalue weighted by Gasteiger charge is -2.45. The van der Waals surface area contributed by atoms with Gasteiger partial charge in [0.05, 0.1) is 5.69 Å². The Hall–Kier alpha value is -8.74. The van der Waals surface area contributed by atoms with Gasteiger partial charge in [-0.2, -0.15) is 0 Å². The largest absolute Gasteiger partial charge is 0.454 e. The molecule has 1 aromatic heterocycles. The second-order valence-corrected chi connectivity index (χ2v) is 26.3. The molecule has 0 N–H and O–H groups in total. The van der Waals surface area contributed by atoms with Gasteiger partial charge in [0.25, 0.3) is 6.71 Å². The van der Waals surface area contributed by atoms with Crippen LogP contribution in [-0.2, 0) is 16.2 Å². The molecule has 11 aromatic rings. The van der Waals surface area contributed by atoms with E-state index in [1.807, 2.05) is 0 Å². The van der Waals surface area contributed by atoms with Crippen molar-refractivity contribution in [3.63, 3.8) is 0 Å². The average molecular weight is 1070 g/mol. The summed E-state index contributed by atoms with van der Waals surface area (Å²) in [5.74, 6) is 0. The molecule has 2 aliphatic heterocycles. The summed E-state index contributed by atoms with van der Waals surface area (Å²) in [6.45, 7) is 29.5. The van der Waals surface area contributed by atoms with E-state index in [4.69, 9.17) is 4.42 Å². The average Bonchev–Trinajstić information content (AvgIpc) is 2.36. The molecular formula is C76H73BN4O. The number of hydrogen-bond donors (Lipinski definition) is 0. The summed E-state index contributed by atoms with van der Waals surface area (Å²) in [6.07, 6.45) is 0. The first kappa shape index (κ1) is 52.6. The predicted octanol–water partition coefficient (Wildman–Crippen LogP) is 19.7. The molecule has 0 atom stereocenters. The molecule has 82 heavy (non-hydrogen) atoms. The van der Waals surface area contributed by atoms with Gasteiger partial charge in [-0.15, -0.1) is 0 Å². The standard InChI is InChI=1S/C76H73BN4O/c1-48-18-29-55(30-19-48)78(56-31-20-49(2)21-32-56)60-39-40-64-67(46-60)80(59-37-26-52(27-38-59)74(5,6)7)68-43-54(76(11,12)13)44-69-72(68)77(64)65-42-53(75(8,9)10)28-41-66(65)81(69)70-47-61(45-63-62-16-14-15-17-71(62)82-73(63)70)79(57-33-22-50(3)23-34-57)58-35-24-51(4)25-36-58/h14-47H,1-13H3. The van der Waals surface area contributed by atoms with E-state index >= 15 is 0 Å². The van der Waals surface area contributed by atoms with Crippen molar-refractivity contribution in [2.45, 2.75) is 106 Å². The lowest BCUT2D eigenvalue weighted by atomic mass is 9.33. The molecule has 10 aromatic carbocycles. The number of rotatable bonds is 8. The molecule has 6 heteroatoms. The van der Waals surface area contributed by atoms with E-state index in [9.17, 15) is 0 Å². The summed E-state index contributed by atoms with van der Waals surface area (Å²) < 4.78 is 7.25. The molecule has 406 valence electrons. The highest BCUT2D eigenvalue weighted by Crippen LogP contribution is 2.52. The molecule has 2 aliphatic rings. The van der Waals surface area contributed by atoms with Gasteiger partial charge in [-0.3, -0.25) is 0 Å². The topological polar surface area (TPSA) is 26.1 Å². The van der Waals surface area contributed by atoms with Crippen molar-refractivity contribution in [3.05, 3.63) is 245 Å². The Morgan fingerprint density at radius 2 is 0.805 bits per heavy atom. The summed E-state index contributed by atoms with van der Waals surface area (Å²) in [6, 6.07) is 78.0. The van der Waals surface area contributed by atoms with Crippen molar-refractivity contribution in [2.24, 2.45) is 0 Å². The third kappa shape index (κ3) is 9.13. The van der Waals surface area contributed by atoms with Crippen molar-refractivity contribution in [1.82, 2.24) is 0 Å². The van der Waals surface area contributed by atoms with Gasteiger partial charge in [-0.05, 0) is 186 Å². The Bertz CT molecular complexity index is 4160. The lowest BCUT2D eigenvalue weighted by molar-refractivity contribution is 0.590. The third-order valence-electron chi connectivity index (χ3n) is 17.1. The number of nitrogens with zero attached hydrogens (tertiary/aromatic N) is 4. The molecule has 0 radical (unpaired) electrons. The molecule has 0 fully saturated rings. The van der Waals surface area contributed by atoms with E-state index in [1.165, 1.54) is 61.0 Å². The molecule has 0 aliphatic carbocycles. The summed E-state index contributed by atoms with van der Waals surface area (Å²) in [5.41, 5.74) is 27.1. The van der Waals surface area contributed by atoms with Crippen LogP contribution in [0.1, 0.15) is 101 Å². The number of fused-ring (bicyclic) bond motifs is 7. The maximum atomic E-state index is 7.25. The third-order valence-corrected chi connectivity index (χ3v) is 17.1. The summed E-state index contributed by atoms with van der Waals surface area (Å²) in [4.78, 5) is 9.98. The fourth-order valence-electron chi connectivity index (χ4n) is 12.4. The van der Waals surface area contributed by atoms with Crippen LogP contribution in [0.4, 0.5) is 68.2 Å². The number of furan rings is 1. The van der Waals surface area contributed by atoms with E-state index in [0.29, 0.717) is 0 Å². The molecule has 5 nitrogen and oxygen atoms in total. The van der Waals surface area contributed by atoms with Gasteiger partial charge in [-0.1, -0.05) is 182 Å². The minimum atomic E-state index is -0.231. The first-order chi connectivity index (χ1) is 39.2. The first-order valence-electron chi connectivity index (χ1n) is 29.2. The van der Waals surface area contributed by atoms with Gasteiger partial charge in [-0.25, -0.2) is 0 Å². The second kappa shape index (κ2) is 19.5. The highest BCUT2D eigenvalue weighted by atomic mass is 16.3. The molecule has 0 unspecified atom stereocenters. The minimum Gasteiger partial charge on any atom is -0.454 e. The van der Waals surface area contributed by atoms with Crippen LogP contribution in [0.3, 0.4) is 0 Å². The summed E-state index contributed by atoms with van der Waals surface area (Å²) >= 11 is 0. The first-order valence-corrected chi connectivity index (χ1v) is 29.2. The number of para-hydroxylation sites is 1. The van der Waals surface area contributed by atoms with Crippen molar-refractivity contribution < 1.29 is 4.42 Å². The van der Waals surface area contributed by atoms with Crippen molar-refractivity contribution in [1.29, 1.82) is 0 Å². The maximum absolute atomic E-state index is 7.25. The van der Waals surface area contributed by atoms with Crippen molar-refractivity contribution in [2.75, 3.05) is 19.6 Å². The number of hydrogen-bond acceptors (Lipinski definition) is 5. The van der Waals surface area contributed by atoms with Gasteiger partial charge in [0.1, 0.15) is 5.58 Å². The van der Waals surface area contributed by atoms with Crippen LogP contribution in [0.15, 0.2) is 211 Å². The Labute approximate surface area is 486 Å². The zero-order valence-electron chi connectivity index (χ0n) is 49.9. The SMILES string of the molecule is Cc1ccc(N(c2ccc(C)cc2)c2ccc3c(c2)N(c2ccc(C(C)(C)C)cc2)c2cc(C(C)(C)C)cc4c2B3c2cc(C(C)(C)C)ccc2N4c2cc(N(c3ccc(C)cc3)c3ccc(C)cc3)cc3c2oc2ccccc23)cc1. The van der Waals surface area contributed by atoms with Crippen LogP contribution >= 0.6 is 0 Å². The zero-order valence-corrected chi connectivity index (χ0v) is 49.9. The Kier molecular flexibility index (Phi) is 12.5. The molecular weight excluding hydrogens is 996 g/mol. The minimum absolute atomic E-state index is 0.0233. The van der Waals surface area contributed by atoms with E-state index in [0.717, 1.165) is 84.5 Å². The molecule has 0 saturated carbocycles. The number of anilines is 12. The molecule has 0 bridgehead atoms. The van der Waals surface area contributed by atoms with Gasteiger partial charge < -0.3 is 24.0 Å². The van der Waals surface area contributed by atoms with Gasteiger partial charge in [0, 0.05) is 73.3 Å². The van der Waals surface area contributed by atoms with Crippen LogP contribution in [0.2, 0.25) is 0 Å². The highest BCUT2D eigenvalue weighted by Gasteiger charge is 2.45. The molecule has 0 amide bonds. The quantitative estimate of drug-likeness (QED) is 0.141. The van der Waals surface area contributed by atoms with Crippen LogP contribution < -0.4 is 36.0 Å². The van der Waals surface area contributed by atoms with Crippen LogP contribution in [0.25, 0.3) is 21.9 Å². The molecule has 13 rings (SSSR count). The van der Waals surface area contributed by atoms with Crippen LogP contribution in [-0.4, -0.2) is 6.71 Å². The lowest BCUT2D eigenvalue weighted by Crippen LogP contribution is -2.61. The monoisotopic (exact) mass is 1070 g/mol. The smallest absolute Gasteiger partial charge is 0.252 e. The highest BCUT2D eigenvalue weighted by molar-refractivity contribution is 7.00. The van der Waals surface area contributed by atoms with E-state index in [2.05, 4.69) is 316 Å². The van der Waals surface area contributed by atoms with Gasteiger partial charge in [0.2, 0.25) is 0 Å².